The molecule has 2 rings (SSSR count). The zero-order valence-electron chi connectivity index (χ0n) is 9.05. The fourth-order valence-electron chi connectivity index (χ4n) is 1.88. The number of rotatable bonds is 2. The van der Waals surface area contributed by atoms with Crippen LogP contribution in [0.5, 0.6) is 0 Å². The van der Waals surface area contributed by atoms with Crippen LogP contribution in [0.15, 0.2) is 10.5 Å². The van der Waals surface area contributed by atoms with Crippen LogP contribution in [0.1, 0.15) is 16.2 Å². The molecule has 0 bridgehead atoms. The van der Waals surface area contributed by atoms with E-state index in [1.54, 1.807) is 0 Å². The van der Waals surface area contributed by atoms with Crippen LogP contribution in [0, 0.1) is 6.92 Å². The molecule has 1 aliphatic heterocycles. The summed E-state index contributed by atoms with van der Waals surface area (Å²) in [5, 5.41) is 3.43. The standard InChI is InChI=1S/C11H17BrN2S/c1-9-11(12)7-10(15-9)8-14-5-2-3-13-4-6-14/h7,13H,2-6,8H2,1H3. The van der Waals surface area contributed by atoms with Crippen molar-refractivity contribution in [3.05, 3.63) is 20.3 Å². The number of halogens is 1. The van der Waals surface area contributed by atoms with Gasteiger partial charge in [0.15, 0.2) is 0 Å². The van der Waals surface area contributed by atoms with E-state index in [9.17, 15) is 0 Å². The van der Waals surface area contributed by atoms with E-state index in [2.05, 4.69) is 39.1 Å². The molecule has 0 atom stereocenters. The molecule has 0 aliphatic carbocycles. The van der Waals surface area contributed by atoms with E-state index >= 15 is 0 Å². The minimum atomic E-state index is 1.11. The minimum absolute atomic E-state index is 1.11. The van der Waals surface area contributed by atoms with E-state index < -0.39 is 0 Å². The monoisotopic (exact) mass is 288 g/mol. The van der Waals surface area contributed by atoms with Gasteiger partial charge in [-0.05, 0) is 48.4 Å². The molecule has 1 aliphatic rings. The molecule has 0 aromatic carbocycles. The highest BCUT2D eigenvalue weighted by atomic mass is 79.9. The number of nitrogens with zero attached hydrogens (tertiary/aromatic N) is 1. The summed E-state index contributed by atoms with van der Waals surface area (Å²) in [4.78, 5) is 5.40. The van der Waals surface area contributed by atoms with E-state index in [0.717, 1.165) is 13.1 Å². The Balaban J connectivity index is 1.95. The first kappa shape index (κ1) is 11.6. The average molecular weight is 289 g/mol. The molecule has 1 N–H and O–H groups in total. The maximum absolute atomic E-state index is 3.58. The zero-order chi connectivity index (χ0) is 10.7. The molecule has 0 amide bonds. The van der Waals surface area contributed by atoms with Crippen molar-refractivity contribution in [1.29, 1.82) is 0 Å². The highest BCUT2D eigenvalue weighted by Crippen LogP contribution is 2.27. The number of thiophene rings is 1. The van der Waals surface area contributed by atoms with E-state index in [1.165, 1.54) is 40.3 Å². The molecule has 2 heterocycles. The van der Waals surface area contributed by atoms with Gasteiger partial charge in [-0.2, -0.15) is 0 Å². The molecular formula is C11H17BrN2S. The smallest absolute Gasteiger partial charge is 0.0328 e. The minimum Gasteiger partial charge on any atom is -0.315 e. The zero-order valence-corrected chi connectivity index (χ0v) is 11.5. The van der Waals surface area contributed by atoms with E-state index in [0.29, 0.717) is 0 Å². The molecule has 4 heteroatoms. The van der Waals surface area contributed by atoms with Crippen LogP contribution >= 0.6 is 27.3 Å². The molecule has 1 aromatic heterocycles. The molecule has 1 fully saturated rings. The Morgan fingerprint density at radius 2 is 2.33 bits per heavy atom. The van der Waals surface area contributed by atoms with Crippen LogP contribution in [-0.2, 0) is 6.54 Å². The lowest BCUT2D eigenvalue weighted by Gasteiger charge is -2.17. The Morgan fingerprint density at radius 3 is 3.07 bits per heavy atom. The molecule has 15 heavy (non-hydrogen) atoms. The Hall–Kier alpha value is 0.100. The second-order valence-corrected chi connectivity index (χ2v) is 6.19. The lowest BCUT2D eigenvalue weighted by atomic mass is 10.3. The first-order valence-corrected chi connectivity index (χ1v) is 7.04. The summed E-state index contributed by atoms with van der Waals surface area (Å²) in [5.74, 6) is 0. The lowest BCUT2D eigenvalue weighted by Crippen LogP contribution is -2.27. The maximum Gasteiger partial charge on any atom is 0.0328 e. The molecule has 0 radical (unpaired) electrons. The van der Waals surface area contributed by atoms with Crippen LogP contribution in [-0.4, -0.2) is 31.1 Å². The third-order valence-electron chi connectivity index (χ3n) is 2.72. The molecule has 0 unspecified atom stereocenters. The van der Waals surface area contributed by atoms with Gasteiger partial charge in [0.25, 0.3) is 0 Å². The van der Waals surface area contributed by atoms with Crippen molar-refractivity contribution in [2.45, 2.75) is 19.9 Å². The molecule has 84 valence electrons. The summed E-state index contributed by atoms with van der Waals surface area (Å²) in [7, 11) is 0. The van der Waals surface area contributed by atoms with Crippen LogP contribution in [0.3, 0.4) is 0 Å². The molecule has 1 saturated heterocycles. The quantitative estimate of drug-likeness (QED) is 0.900. The summed E-state index contributed by atoms with van der Waals surface area (Å²) in [6.45, 7) is 7.98. The van der Waals surface area contributed by atoms with Crippen molar-refractivity contribution >= 4 is 27.3 Å². The third-order valence-corrected chi connectivity index (χ3v) is 4.84. The van der Waals surface area contributed by atoms with Crippen LogP contribution in [0.4, 0.5) is 0 Å². The van der Waals surface area contributed by atoms with E-state index in [4.69, 9.17) is 0 Å². The fraction of sp³-hybridized carbons (Fsp3) is 0.636. The predicted molar refractivity (Wildman–Crippen MR) is 69.5 cm³/mol. The summed E-state index contributed by atoms with van der Waals surface area (Å²) in [6, 6.07) is 2.26. The number of hydrogen-bond donors (Lipinski definition) is 1. The number of nitrogens with one attached hydrogen (secondary N) is 1. The largest absolute Gasteiger partial charge is 0.315 e. The first-order valence-electron chi connectivity index (χ1n) is 5.43. The van der Waals surface area contributed by atoms with E-state index in [1.807, 2.05) is 11.3 Å². The number of hydrogen-bond acceptors (Lipinski definition) is 3. The van der Waals surface area contributed by atoms with Crippen molar-refractivity contribution < 1.29 is 0 Å². The highest BCUT2D eigenvalue weighted by Gasteiger charge is 2.11. The summed E-state index contributed by atoms with van der Waals surface area (Å²) in [6.07, 6.45) is 1.27. The van der Waals surface area contributed by atoms with Gasteiger partial charge in [-0.3, -0.25) is 4.90 Å². The Kier molecular flexibility index (Phi) is 4.20. The van der Waals surface area contributed by atoms with Gasteiger partial charge in [0, 0.05) is 33.9 Å². The lowest BCUT2D eigenvalue weighted by molar-refractivity contribution is 0.287. The Morgan fingerprint density at radius 1 is 1.47 bits per heavy atom. The molecule has 0 spiro atoms. The van der Waals surface area contributed by atoms with Crippen LogP contribution in [0.25, 0.3) is 0 Å². The predicted octanol–water partition coefficient (Wildman–Crippen LogP) is 2.61. The summed E-state index contributed by atoms with van der Waals surface area (Å²) < 4.78 is 1.26. The van der Waals surface area contributed by atoms with Gasteiger partial charge in [-0.1, -0.05) is 0 Å². The van der Waals surface area contributed by atoms with Crippen molar-refractivity contribution in [2.24, 2.45) is 0 Å². The summed E-state index contributed by atoms with van der Waals surface area (Å²) in [5.41, 5.74) is 0. The average Bonchev–Trinajstić information content (AvgIpc) is 2.45. The van der Waals surface area contributed by atoms with Crippen molar-refractivity contribution in [3.63, 3.8) is 0 Å². The Labute approximate surface area is 104 Å². The van der Waals surface area contributed by atoms with Crippen molar-refractivity contribution in [1.82, 2.24) is 10.2 Å². The van der Waals surface area contributed by atoms with Gasteiger partial charge >= 0.3 is 0 Å². The molecule has 0 saturated carbocycles. The second-order valence-electron chi connectivity index (χ2n) is 4.00. The van der Waals surface area contributed by atoms with Gasteiger partial charge in [0.1, 0.15) is 0 Å². The van der Waals surface area contributed by atoms with Crippen molar-refractivity contribution in [2.75, 3.05) is 26.2 Å². The normalized spacial score (nSPS) is 19.1. The van der Waals surface area contributed by atoms with Crippen molar-refractivity contribution in [3.8, 4) is 0 Å². The number of aryl methyl sites for hydroxylation is 1. The third kappa shape index (κ3) is 3.28. The first-order chi connectivity index (χ1) is 7.25. The molecule has 1 aromatic rings. The molecule has 2 nitrogen and oxygen atoms in total. The molecular weight excluding hydrogens is 272 g/mol. The Bertz CT molecular complexity index is 297. The van der Waals surface area contributed by atoms with Gasteiger partial charge in [0.2, 0.25) is 0 Å². The van der Waals surface area contributed by atoms with Gasteiger partial charge in [0.05, 0.1) is 0 Å². The fourth-order valence-corrected chi connectivity index (χ4v) is 3.52. The SMILES string of the molecule is Cc1sc(CN2CCCNCC2)cc1Br. The van der Waals surface area contributed by atoms with Crippen LogP contribution < -0.4 is 5.32 Å². The second kappa shape index (κ2) is 5.43. The maximum atomic E-state index is 3.58. The van der Waals surface area contributed by atoms with Crippen LogP contribution in [0.2, 0.25) is 0 Å². The summed E-state index contributed by atoms with van der Waals surface area (Å²) >= 11 is 5.48. The van der Waals surface area contributed by atoms with Gasteiger partial charge in [-0.25, -0.2) is 0 Å². The highest BCUT2D eigenvalue weighted by molar-refractivity contribution is 9.10. The topological polar surface area (TPSA) is 15.3 Å². The van der Waals surface area contributed by atoms with Gasteiger partial charge < -0.3 is 5.32 Å². The van der Waals surface area contributed by atoms with Gasteiger partial charge in [-0.15, -0.1) is 11.3 Å². The van der Waals surface area contributed by atoms with E-state index in [-0.39, 0.29) is 0 Å².